The third-order valence-corrected chi connectivity index (χ3v) is 6.88. The number of nitrogens with zero attached hydrogens (tertiary/aromatic N) is 2. The third kappa shape index (κ3) is 8.03. The highest BCUT2D eigenvalue weighted by Gasteiger charge is 2.30. The van der Waals surface area contributed by atoms with Crippen molar-refractivity contribution in [2.45, 2.75) is 33.4 Å². The molecule has 1 atom stereocenters. The maximum atomic E-state index is 13.6. The van der Waals surface area contributed by atoms with Gasteiger partial charge in [-0.1, -0.05) is 37.6 Å². The number of sulfonamides is 1. The molecule has 36 heavy (non-hydrogen) atoms. The molecule has 2 aromatic carbocycles. The number of benzene rings is 2. The second-order valence-corrected chi connectivity index (χ2v) is 11.1. The summed E-state index contributed by atoms with van der Waals surface area (Å²) in [6.07, 6.45) is 1.00. The maximum Gasteiger partial charge on any atom is 0.244 e. The molecule has 0 bridgehead atoms. The summed E-state index contributed by atoms with van der Waals surface area (Å²) in [6, 6.07) is 10.7. The van der Waals surface area contributed by atoms with Gasteiger partial charge in [-0.15, -0.1) is 0 Å². The molecular formula is C25H34ClN3O6S. The number of anilines is 1. The monoisotopic (exact) mass is 539 g/mol. The molecule has 0 aromatic heterocycles. The SMILES string of the molecule is COc1cccc(CN(C(=O)CN(c2ccc(OC)c(Cl)c2)S(C)(=O)=O)[C@H](C)C(=O)NCC(C)C)c1. The molecule has 9 nitrogen and oxygen atoms in total. The van der Waals surface area contributed by atoms with E-state index >= 15 is 0 Å². The Balaban J connectivity index is 2.41. The number of carbonyl (C=O) groups excluding carboxylic acids is 2. The molecule has 198 valence electrons. The first-order valence-electron chi connectivity index (χ1n) is 11.4. The van der Waals surface area contributed by atoms with Gasteiger partial charge in [0.2, 0.25) is 21.8 Å². The Hall–Kier alpha value is -2.98. The quantitative estimate of drug-likeness (QED) is 0.443. The van der Waals surface area contributed by atoms with Crippen LogP contribution in [-0.4, -0.2) is 64.7 Å². The molecule has 0 unspecified atom stereocenters. The Labute approximate surface area is 218 Å². The van der Waals surface area contributed by atoms with E-state index < -0.39 is 28.5 Å². The Bertz CT molecular complexity index is 1170. The van der Waals surface area contributed by atoms with E-state index in [0.717, 1.165) is 16.1 Å². The van der Waals surface area contributed by atoms with E-state index in [0.29, 0.717) is 18.0 Å². The molecule has 2 rings (SSSR count). The molecule has 2 aromatic rings. The average molecular weight is 540 g/mol. The highest BCUT2D eigenvalue weighted by molar-refractivity contribution is 7.92. The van der Waals surface area contributed by atoms with E-state index in [1.807, 2.05) is 13.8 Å². The number of hydrogen-bond donors (Lipinski definition) is 1. The smallest absolute Gasteiger partial charge is 0.244 e. The molecule has 11 heteroatoms. The average Bonchev–Trinajstić information content (AvgIpc) is 2.83. The number of nitrogens with one attached hydrogen (secondary N) is 1. The van der Waals surface area contributed by atoms with E-state index in [9.17, 15) is 18.0 Å². The highest BCUT2D eigenvalue weighted by Crippen LogP contribution is 2.30. The van der Waals surface area contributed by atoms with E-state index in [4.69, 9.17) is 21.1 Å². The Morgan fingerprint density at radius 3 is 2.31 bits per heavy atom. The van der Waals surface area contributed by atoms with Crippen LogP contribution in [0.5, 0.6) is 11.5 Å². The van der Waals surface area contributed by atoms with Gasteiger partial charge < -0.3 is 19.7 Å². The van der Waals surface area contributed by atoms with Gasteiger partial charge in [-0.3, -0.25) is 13.9 Å². The molecule has 0 radical (unpaired) electrons. The van der Waals surface area contributed by atoms with Crippen molar-refractivity contribution in [2.75, 3.05) is 37.9 Å². The largest absolute Gasteiger partial charge is 0.497 e. The van der Waals surface area contributed by atoms with Crippen molar-refractivity contribution in [3.05, 3.63) is 53.1 Å². The van der Waals surface area contributed by atoms with Crippen molar-refractivity contribution in [3.8, 4) is 11.5 Å². The van der Waals surface area contributed by atoms with Gasteiger partial charge in [-0.25, -0.2) is 8.42 Å². The molecule has 0 aliphatic carbocycles. The van der Waals surface area contributed by atoms with Gasteiger partial charge in [-0.2, -0.15) is 0 Å². The van der Waals surface area contributed by atoms with Crippen LogP contribution in [0.1, 0.15) is 26.3 Å². The molecule has 0 saturated carbocycles. The summed E-state index contributed by atoms with van der Waals surface area (Å²) in [5, 5.41) is 3.04. The summed E-state index contributed by atoms with van der Waals surface area (Å²) in [4.78, 5) is 27.8. The first-order valence-corrected chi connectivity index (χ1v) is 13.6. The van der Waals surface area contributed by atoms with Crippen LogP contribution in [0, 0.1) is 5.92 Å². The van der Waals surface area contributed by atoms with Crippen LogP contribution < -0.4 is 19.1 Å². The second-order valence-electron chi connectivity index (χ2n) is 8.78. The van der Waals surface area contributed by atoms with Gasteiger partial charge in [0.1, 0.15) is 24.1 Å². The van der Waals surface area contributed by atoms with Crippen LogP contribution in [-0.2, 0) is 26.2 Å². The van der Waals surface area contributed by atoms with Crippen molar-refractivity contribution in [3.63, 3.8) is 0 Å². The lowest BCUT2D eigenvalue weighted by Crippen LogP contribution is -2.51. The molecule has 0 fully saturated rings. The molecule has 0 aliphatic rings. The molecule has 2 amide bonds. The lowest BCUT2D eigenvalue weighted by Gasteiger charge is -2.31. The zero-order chi connectivity index (χ0) is 27.0. The minimum absolute atomic E-state index is 0.0767. The van der Waals surface area contributed by atoms with Gasteiger partial charge >= 0.3 is 0 Å². The second kappa shape index (κ2) is 12.8. The predicted molar refractivity (Wildman–Crippen MR) is 141 cm³/mol. The standard InChI is InChI=1S/C25H34ClN3O6S/c1-17(2)14-27-25(31)18(3)28(15-19-8-7-9-21(12-19)34-4)24(30)16-29(36(6,32)33)20-10-11-23(35-5)22(26)13-20/h7-13,17-18H,14-16H2,1-6H3,(H,27,31)/t18-/m1/s1. The summed E-state index contributed by atoms with van der Waals surface area (Å²) in [5.74, 6) is 0.308. The third-order valence-electron chi connectivity index (χ3n) is 5.44. The number of hydrogen-bond acceptors (Lipinski definition) is 6. The predicted octanol–water partition coefficient (Wildman–Crippen LogP) is 3.31. The van der Waals surface area contributed by atoms with Gasteiger partial charge in [0, 0.05) is 13.1 Å². The summed E-state index contributed by atoms with van der Waals surface area (Å²) in [7, 11) is -0.887. The summed E-state index contributed by atoms with van der Waals surface area (Å²) >= 11 is 6.20. The van der Waals surface area contributed by atoms with E-state index in [2.05, 4.69) is 5.32 Å². The fraction of sp³-hybridized carbons (Fsp3) is 0.440. The number of methoxy groups -OCH3 is 2. The number of carbonyl (C=O) groups is 2. The Morgan fingerprint density at radius 1 is 1.06 bits per heavy atom. The number of rotatable bonds is 12. The number of halogens is 1. The van der Waals surface area contributed by atoms with Gasteiger partial charge in [-0.05, 0) is 48.7 Å². The molecule has 0 saturated heterocycles. The Morgan fingerprint density at radius 2 is 1.75 bits per heavy atom. The number of amides is 2. The van der Waals surface area contributed by atoms with Gasteiger partial charge in [0.15, 0.2) is 0 Å². The summed E-state index contributed by atoms with van der Waals surface area (Å²) < 4.78 is 36.7. The lowest BCUT2D eigenvalue weighted by molar-refractivity contribution is -0.139. The fourth-order valence-electron chi connectivity index (χ4n) is 3.43. The zero-order valence-electron chi connectivity index (χ0n) is 21.4. The van der Waals surface area contributed by atoms with Crippen LogP contribution in [0.15, 0.2) is 42.5 Å². The summed E-state index contributed by atoms with van der Waals surface area (Å²) in [5.41, 5.74) is 0.930. The minimum Gasteiger partial charge on any atom is -0.497 e. The topological polar surface area (TPSA) is 105 Å². The van der Waals surface area contributed by atoms with Crippen LogP contribution in [0.4, 0.5) is 5.69 Å². The van der Waals surface area contributed by atoms with Crippen LogP contribution in [0.3, 0.4) is 0 Å². The number of ether oxygens (including phenoxy) is 2. The van der Waals surface area contributed by atoms with Crippen molar-refractivity contribution < 1.29 is 27.5 Å². The zero-order valence-corrected chi connectivity index (χ0v) is 23.0. The highest BCUT2D eigenvalue weighted by atomic mass is 35.5. The van der Waals surface area contributed by atoms with Crippen LogP contribution in [0.25, 0.3) is 0 Å². The minimum atomic E-state index is -3.87. The van der Waals surface area contributed by atoms with Crippen molar-refractivity contribution in [1.29, 1.82) is 0 Å². The normalized spacial score (nSPS) is 12.1. The van der Waals surface area contributed by atoms with Crippen LogP contribution in [0.2, 0.25) is 5.02 Å². The summed E-state index contributed by atoms with van der Waals surface area (Å²) in [6.45, 7) is 5.55. The van der Waals surface area contributed by atoms with Crippen molar-refractivity contribution in [2.24, 2.45) is 5.92 Å². The molecule has 0 heterocycles. The van der Waals surface area contributed by atoms with Gasteiger partial charge in [0.05, 0.1) is 31.2 Å². The van der Waals surface area contributed by atoms with Crippen molar-refractivity contribution in [1.82, 2.24) is 10.2 Å². The van der Waals surface area contributed by atoms with Crippen LogP contribution >= 0.6 is 11.6 Å². The van der Waals surface area contributed by atoms with E-state index in [1.54, 1.807) is 31.2 Å². The lowest BCUT2D eigenvalue weighted by atomic mass is 10.1. The first-order chi connectivity index (χ1) is 16.9. The molecule has 0 spiro atoms. The maximum absolute atomic E-state index is 13.6. The van der Waals surface area contributed by atoms with Gasteiger partial charge in [0.25, 0.3) is 0 Å². The van der Waals surface area contributed by atoms with E-state index in [1.165, 1.54) is 37.3 Å². The molecular weight excluding hydrogens is 506 g/mol. The van der Waals surface area contributed by atoms with Crippen molar-refractivity contribution >= 4 is 39.1 Å². The first kappa shape index (κ1) is 29.3. The Kier molecular flexibility index (Phi) is 10.4. The fourth-order valence-corrected chi connectivity index (χ4v) is 4.52. The molecule has 0 aliphatic heterocycles. The van der Waals surface area contributed by atoms with E-state index in [-0.39, 0.29) is 29.1 Å². The molecule has 1 N–H and O–H groups in total.